The molecule has 21 nitrogen and oxygen atoms in total. The predicted octanol–water partition coefficient (Wildman–Crippen LogP) is 25.9. The Labute approximate surface area is 867 Å². The number of nitrogens with two attached hydrogens (primary N) is 6. The molecule has 0 fully saturated rings. The average molecular weight is 2280 g/mol. The molecule has 6 aliphatic rings. The molecule has 0 aromatic heterocycles. The Morgan fingerprint density at radius 3 is 0.826 bits per heavy atom. The highest BCUT2D eigenvalue weighted by Gasteiger charge is 2.46. The van der Waals surface area contributed by atoms with Gasteiger partial charge in [-0.3, -0.25) is 0 Å². The van der Waals surface area contributed by atoms with Gasteiger partial charge in [-0.15, -0.1) is 13.2 Å². The lowest BCUT2D eigenvalue weighted by Crippen LogP contribution is -2.36. The summed E-state index contributed by atoms with van der Waals surface area (Å²) >= 11 is 49.1. The van der Waals surface area contributed by atoms with Crippen LogP contribution in [0.1, 0.15) is 27.8 Å². The third-order valence-corrected chi connectivity index (χ3v) is 24.2. The molecule has 794 valence electrons. The minimum atomic E-state index is -5.11. The van der Waals surface area contributed by atoms with Gasteiger partial charge in [0.2, 0.25) is 0 Å². The second-order valence-electron chi connectivity index (χ2n) is 31.9. The van der Waals surface area contributed by atoms with Crippen LogP contribution >= 0.6 is 92.8 Å². The summed E-state index contributed by atoms with van der Waals surface area (Å²) in [5.41, 5.74) is 26.0. The highest BCUT2D eigenvalue weighted by atomic mass is 35.5. The maximum atomic E-state index is 14.0. The van der Waals surface area contributed by atoms with Crippen molar-refractivity contribution in [2.75, 3.05) is 86.0 Å². The molecule has 0 amide bonds. The standard InChI is InChI=1S/2C17H12F7NO2.C16H11Cl2F4NO3.C16H11Cl2FN2O2.C16H14Cl2FNO3.C15H10Cl2F3NO2/c18-9-4-12(15-14(5-9)26-7-10(6-25)27-15)11-2-1-8(16(19,20)21)3-13(11)17(22,23)24;18-8-4-10(15-13(5-8)26-7-9(6-25)27-15)14-11(16(19,20)21)2-1-3-12(14)17(22,23)24;17-11-3-8(26-16(20,21)22)4-12(18)14(11)10-1-7(19)2-13-15(10)25-9(5-23)6-24-13;17-12-1-8(5-20)2-13(18)15(12)11-3-9(19)4-14-16(11)23-10(6-21)7-22-14;1-21-9-4-12(17)15(13(18)5-9)11-2-8(19)3-14-16(11)23-10(6-20)7-22-14;16-13-9(19)3-10(20)14(17)12(13)8-1-6(18)2-11-15(8)23-7(4-21)5-22-11/h1-5,10H,6-7,25H2;1-5,9H,6-7,25H2;1-4,9H,5-6,23H2;1-4,10H,6-7,21H2;2-5,10H,6-7,20H2,1H3;1-3,7H,4-5,21H2/t10-;2*9-;2*10-;7-/m000000/s1. The Hall–Kier alpha value is -12.2. The maximum Gasteiger partial charge on any atom is 0.573 e. The van der Waals surface area contributed by atoms with E-state index in [-0.39, 0.29) is 191 Å². The lowest BCUT2D eigenvalue weighted by Gasteiger charge is -2.29. The Morgan fingerprint density at radius 1 is 0.302 bits per heavy atom. The number of fused-ring (bicyclic) bond motifs is 6. The molecule has 0 unspecified atom stereocenters. The Balaban J connectivity index is 0.000000149. The number of hydrogen-bond acceptors (Lipinski definition) is 21. The van der Waals surface area contributed by atoms with Crippen molar-refractivity contribution in [2.24, 2.45) is 34.4 Å². The monoisotopic (exact) mass is 2270 g/mol. The van der Waals surface area contributed by atoms with Crippen molar-refractivity contribution < 1.29 is 167 Å². The Kier molecular flexibility index (Phi) is 36.0. The van der Waals surface area contributed by atoms with E-state index in [9.17, 15) is 101 Å². The molecule has 6 heterocycles. The predicted molar refractivity (Wildman–Crippen MR) is 503 cm³/mol. The molecule has 6 atom stereocenters. The van der Waals surface area contributed by atoms with Gasteiger partial charge >= 0.3 is 31.1 Å². The van der Waals surface area contributed by atoms with Crippen LogP contribution in [0.4, 0.5) is 101 Å². The van der Waals surface area contributed by atoms with Crippen LogP contribution in [0.5, 0.6) is 80.5 Å². The molecule has 0 aliphatic carbocycles. The minimum absolute atomic E-state index is 0.00782. The summed E-state index contributed by atoms with van der Waals surface area (Å²) in [7, 11) is 1.51. The molecule has 0 spiro atoms. The van der Waals surface area contributed by atoms with Crippen LogP contribution in [0.3, 0.4) is 0 Å². The van der Waals surface area contributed by atoms with Crippen LogP contribution in [-0.4, -0.2) is 129 Å². The largest absolute Gasteiger partial charge is 0.573 e. The van der Waals surface area contributed by atoms with Crippen LogP contribution in [0.15, 0.2) is 152 Å². The fourth-order valence-corrected chi connectivity index (χ4v) is 17.6. The normalized spacial score (nSPS) is 16.6. The van der Waals surface area contributed by atoms with E-state index in [0.717, 1.165) is 54.6 Å². The van der Waals surface area contributed by atoms with Gasteiger partial charge in [0.1, 0.15) is 134 Å². The molecule has 0 radical (unpaired) electrons. The van der Waals surface area contributed by atoms with Crippen LogP contribution in [0, 0.1) is 57.9 Å². The third-order valence-electron chi connectivity index (χ3n) is 21.7. The number of benzene rings is 12. The molecular weight excluding hydrogens is 2210 g/mol. The lowest BCUT2D eigenvalue weighted by atomic mass is 9.92. The van der Waals surface area contributed by atoms with Crippen molar-refractivity contribution in [3.63, 3.8) is 0 Å². The van der Waals surface area contributed by atoms with E-state index in [1.165, 1.54) is 43.5 Å². The van der Waals surface area contributed by atoms with Crippen LogP contribution in [0.25, 0.3) is 66.8 Å². The first-order valence-electron chi connectivity index (χ1n) is 42.7. The molecule has 6 aliphatic heterocycles. The fourth-order valence-electron chi connectivity index (χ4n) is 15.0. The lowest BCUT2D eigenvalue weighted by molar-refractivity contribution is -0.274. The van der Waals surface area contributed by atoms with E-state index in [0.29, 0.717) is 103 Å². The van der Waals surface area contributed by atoms with Crippen molar-refractivity contribution in [2.45, 2.75) is 67.7 Å². The van der Waals surface area contributed by atoms with Crippen molar-refractivity contribution in [3.8, 4) is 153 Å². The third kappa shape index (κ3) is 26.7. The fraction of sp³-hybridized carbons (Fsp3) is 0.247. The number of ether oxygens (including phenoxy) is 14. The molecule has 12 N–H and O–H groups in total. The van der Waals surface area contributed by atoms with Crippen LogP contribution in [-0.2, 0) is 24.7 Å². The molecular formula is C97H70Cl8F23N7O14. The molecule has 0 bridgehead atoms. The summed E-state index contributed by atoms with van der Waals surface area (Å²) in [4.78, 5) is 0. The number of methoxy groups -OCH3 is 1. The molecule has 0 saturated heterocycles. The molecule has 52 heteroatoms. The topological polar surface area (TPSA) is 309 Å². The van der Waals surface area contributed by atoms with Crippen molar-refractivity contribution in [1.29, 1.82) is 5.26 Å². The Morgan fingerprint density at radius 2 is 0.564 bits per heavy atom. The summed E-state index contributed by atoms with van der Waals surface area (Å²) in [6, 6.07) is 25.7. The van der Waals surface area contributed by atoms with E-state index in [1.807, 2.05) is 6.07 Å². The molecule has 18 rings (SSSR count). The van der Waals surface area contributed by atoms with Gasteiger partial charge < -0.3 is 101 Å². The second-order valence-corrected chi connectivity index (χ2v) is 35.1. The number of nitrogens with zero attached hydrogens (tertiary/aromatic N) is 1. The highest BCUT2D eigenvalue weighted by Crippen LogP contribution is 2.57. The quantitative estimate of drug-likeness (QED) is 0.0435. The van der Waals surface area contributed by atoms with Gasteiger partial charge in [-0.25, -0.2) is 35.1 Å². The van der Waals surface area contributed by atoms with Crippen molar-refractivity contribution in [1.82, 2.24) is 0 Å². The first-order valence-corrected chi connectivity index (χ1v) is 45.8. The van der Waals surface area contributed by atoms with Crippen LogP contribution < -0.4 is 101 Å². The van der Waals surface area contributed by atoms with E-state index in [2.05, 4.69) is 4.74 Å². The van der Waals surface area contributed by atoms with Crippen molar-refractivity contribution >= 4 is 92.8 Å². The summed E-state index contributed by atoms with van der Waals surface area (Å²) in [5.74, 6) is -5.80. The van der Waals surface area contributed by atoms with Gasteiger partial charge in [0, 0.05) is 143 Å². The maximum absolute atomic E-state index is 14.0. The first kappa shape index (κ1) is 114. The van der Waals surface area contributed by atoms with Crippen LogP contribution in [0.2, 0.25) is 40.2 Å². The van der Waals surface area contributed by atoms with Gasteiger partial charge in [-0.1, -0.05) is 105 Å². The number of hydrogen-bond donors (Lipinski definition) is 6. The molecule has 0 saturated carbocycles. The first-order chi connectivity index (χ1) is 70.2. The number of halogens is 31. The van der Waals surface area contributed by atoms with Gasteiger partial charge in [0.25, 0.3) is 0 Å². The zero-order chi connectivity index (χ0) is 109. The van der Waals surface area contributed by atoms with E-state index in [4.69, 9.17) is 194 Å². The Bertz CT molecular complexity index is 6920. The summed E-state index contributed by atoms with van der Waals surface area (Å²) < 4.78 is 383. The summed E-state index contributed by atoms with van der Waals surface area (Å²) in [6.45, 7) is 1.33. The molecule has 12 aromatic carbocycles. The number of nitriles is 1. The molecule has 149 heavy (non-hydrogen) atoms. The van der Waals surface area contributed by atoms with Crippen molar-refractivity contribution in [3.05, 3.63) is 266 Å². The zero-order valence-corrected chi connectivity index (χ0v) is 81.3. The minimum Gasteiger partial charge on any atom is -0.497 e. The average Bonchev–Trinajstić information content (AvgIpc) is 0.809. The molecule has 12 aromatic rings. The highest BCUT2D eigenvalue weighted by molar-refractivity contribution is 6.42. The second kappa shape index (κ2) is 47.1. The zero-order valence-electron chi connectivity index (χ0n) is 75.2. The van der Waals surface area contributed by atoms with E-state index < -0.39 is 163 Å². The van der Waals surface area contributed by atoms with Gasteiger partial charge in [0.05, 0.1) is 81.2 Å². The summed E-state index contributed by atoms with van der Waals surface area (Å²) in [6.07, 6.45) is -28.3. The van der Waals surface area contributed by atoms with Gasteiger partial charge in [-0.05, 0) is 103 Å². The smallest absolute Gasteiger partial charge is 0.497 e. The summed E-state index contributed by atoms with van der Waals surface area (Å²) in [5, 5.41) is 8.81. The number of alkyl halides is 15. The SMILES string of the molecule is COc1cc(Cl)c(-c2cc(F)cc3c2O[C@@H](CN)CO3)c(Cl)c1.N#Cc1cc(Cl)c(-c2cc(F)cc3c2O[C@@H](CN)CO3)c(Cl)c1.NC[C@H]1COc2cc(F)cc(-c3c(C(F)(F)F)cccc3C(F)(F)F)c2O1.NC[C@H]1COc2cc(F)cc(-c3c(Cl)c(F)cc(F)c3Cl)c2O1.NC[C@H]1COc2cc(F)cc(-c3c(Cl)cc(OC(F)(F)F)cc3Cl)c2O1.NC[C@H]1COc2cc(F)cc(-c3ccc(C(F)(F)F)cc3C(F)(F)F)c2O1. The van der Waals surface area contributed by atoms with Gasteiger partial charge in [0.15, 0.2) is 69.0 Å². The van der Waals surface area contributed by atoms with E-state index >= 15 is 0 Å². The number of rotatable bonds is 14. The van der Waals surface area contributed by atoms with Gasteiger partial charge in [-0.2, -0.15) is 57.9 Å². The van der Waals surface area contributed by atoms with E-state index in [1.54, 1.807) is 12.1 Å².